The van der Waals surface area contributed by atoms with Gasteiger partial charge in [0.25, 0.3) is 0 Å². The number of piperazine rings is 1. The molecule has 2 aliphatic carbocycles. The van der Waals surface area contributed by atoms with Gasteiger partial charge in [-0.25, -0.2) is 8.42 Å². The summed E-state index contributed by atoms with van der Waals surface area (Å²) in [6.07, 6.45) is 8.70. The number of benzene rings is 1. The van der Waals surface area contributed by atoms with Crippen LogP contribution < -0.4 is 4.74 Å². The van der Waals surface area contributed by atoms with Crippen LogP contribution in [-0.2, 0) is 19.6 Å². The molecule has 39 heavy (non-hydrogen) atoms. The number of hydrogen-bond donors (Lipinski definition) is 0. The normalized spacial score (nSPS) is 23.5. The number of amides is 1. The van der Waals surface area contributed by atoms with Gasteiger partial charge in [0.2, 0.25) is 15.9 Å². The van der Waals surface area contributed by atoms with Gasteiger partial charge in [0, 0.05) is 64.9 Å². The van der Waals surface area contributed by atoms with Crippen molar-refractivity contribution in [1.29, 1.82) is 0 Å². The molecule has 220 valence electrons. The quantitative estimate of drug-likeness (QED) is 0.382. The summed E-state index contributed by atoms with van der Waals surface area (Å²) < 4.78 is 38.5. The van der Waals surface area contributed by atoms with Gasteiger partial charge in [-0.05, 0) is 69.2 Å². The van der Waals surface area contributed by atoms with E-state index in [1.54, 1.807) is 40.1 Å². The minimum atomic E-state index is -3.69. The molecule has 0 radical (unpaired) electrons. The predicted molar refractivity (Wildman–Crippen MR) is 153 cm³/mol. The van der Waals surface area contributed by atoms with E-state index in [9.17, 15) is 13.2 Å². The second-order valence-electron chi connectivity index (χ2n) is 11.6. The van der Waals surface area contributed by atoms with Gasteiger partial charge in [-0.2, -0.15) is 4.31 Å². The van der Waals surface area contributed by atoms with Crippen LogP contribution in [0.25, 0.3) is 0 Å². The van der Waals surface area contributed by atoms with Gasteiger partial charge < -0.3 is 14.4 Å². The third kappa shape index (κ3) is 7.14. The standard InChI is InChI=1S/C29H48N4O5S/c1-22-18-27(37-5)19-23(2)29(22)39(35,36)30(3)16-17-38-21-28(34)31(4)25-10-11-26(20-25)33-14-12-32(13-15-33)24-8-6-7-9-24/h18-19,24-26H,6-17,20-21H2,1-5H3/t25-,26+/m0/s1. The van der Waals surface area contributed by atoms with Gasteiger partial charge in [-0.3, -0.25) is 14.6 Å². The average Bonchev–Trinajstić information content (AvgIpc) is 3.63. The monoisotopic (exact) mass is 564 g/mol. The molecule has 1 heterocycles. The summed E-state index contributed by atoms with van der Waals surface area (Å²) in [6.45, 7) is 8.46. The molecular formula is C29H48N4O5S. The van der Waals surface area contributed by atoms with Gasteiger partial charge in [-0.15, -0.1) is 0 Å². The molecule has 10 heteroatoms. The molecule has 1 saturated heterocycles. The van der Waals surface area contributed by atoms with E-state index in [0.717, 1.165) is 38.4 Å². The second-order valence-corrected chi connectivity index (χ2v) is 13.6. The summed E-state index contributed by atoms with van der Waals surface area (Å²) in [6, 6.07) is 5.05. The lowest BCUT2D eigenvalue weighted by atomic mass is 10.1. The molecule has 0 spiro atoms. The van der Waals surface area contributed by atoms with Gasteiger partial charge in [0.1, 0.15) is 12.4 Å². The Kier molecular flexibility index (Phi) is 10.3. The first kappa shape index (κ1) is 30.2. The molecule has 3 aliphatic rings. The van der Waals surface area contributed by atoms with E-state index in [1.165, 1.54) is 43.1 Å². The van der Waals surface area contributed by atoms with E-state index in [1.807, 2.05) is 11.9 Å². The molecule has 4 rings (SSSR count). The molecule has 0 unspecified atom stereocenters. The van der Waals surface area contributed by atoms with Crippen molar-refractivity contribution in [2.45, 2.75) is 81.8 Å². The molecule has 3 fully saturated rings. The highest BCUT2D eigenvalue weighted by molar-refractivity contribution is 7.89. The molecule has 1 aliphatic heterocycles. The molecule has 0 bridgehead atoms. The first-order chi connectivity index (χ1) is 18.6. The van der Waals surface area contributed by atoms with Crippen LogP contribution in [0.3, 0.4) is 0 Å². The zero-order chi connectivity index (χ0) is 28.2. The smallest absolute Gasteiger partial charge is 0.248 e. The fourth-order valence-electron chi connectivity index (χ4n) is 6.72. The Balaban J connectivity index is 1.18. The van der Waals surface area contributed by atoms with E-state index >= 15 is 0 Å². The number of hydrogen-bond acceptors (Lipinski definition) is 7. The summed E-state index contributed by atoms with van der Waals surface area (Å²) in [7, 11) is 1.30. The number of aryl methyl sites for hydroxylation is 2. The summed E-state index contributed by atoms with van der Waals surface area (Å²) in [4.78, 5) is 20.3. The Morgan fingerprint density at radius 1 is 0.949 bits per heavy atom. The van der Waals surface area contributed by atoms with E-state index < -0.39 is 10.0 Å². The molecule has 1 aromatic rings. The molecule has 1 amide bonds. The minimum Gasteiger partial charge on any atom is -0.497 e. The van der Waals surface area contributed by atoms with E-state index in [-0.39, 0.29) is 36.6 Å². The Hall–Kier alpha value is -1.72. The number of ether oxygens (including phenoxy) is 2. The third-order valence-electron chi connectivity index (χ3n) is 9.14. The first-order valence-electron chi connectivity index (χ1n) is 14.5. The Bertz CT molecular complexity index is 1060. The van der Waals surface area contributed by atoms with Crippen LogP contribution in [0.4, 0.5) is 0 Å². The van der Waals surface area contributed by atoms with Crippen LogP contribution in [0.15, 0.2) is 17.0 Å². The van der Waals surface area contributed by atoms with Crippen LogP contribution in [0.5, 0.6) is 5.75 Å². The maximum atomic E-state index is 13.2. The van der Waals surface area contributed by atoms with E-state index in [0.29, 0.717) is 22.9 Å². The topological polar surface area (TPSA) is 82.6 Å². The number of carbonyl (C=O) groups is 1. The molecule has 2 saturated carbocycles. The van der Waals surface area contributed by atoms with E-state index in [2.05, 4.69) is 9.80 Å². The van der Waals surface area contributed by atoms with Crippen molar-refractivity contribution in [3.05, 3.63) is 23.3 Å². The van der Waals surface area contributed by atoms with Gasteiger partial charge in [0.05, 0.1) is 18.6 Å². The van der Waals surface area contributed by atoms with E-state index in [4.69, 9.17) is 9.47 Å². The summed E-state index contributed by atoms with van der Waals surface area (Å²) in [5.74, 6) is 0.590. The lowest BCUT2D eigenvalue weighted by molar-refractivity contribution is -0.136. The zero-order valence-corrected chi connectivity index (χ0v) is 25.3. The van der Waals surface area contributed by atoms with Crippen LogP contribution in [0, 0.1) is 13.8 Å². The van der Waals surface area contributed by atoms with Gasteiger partial charge in [0.15, 0.2) is 0 Å². The van der Waals surface area contributed by atoms with Crippen LogP contribution in [-0.4, -0.2) is 119 Å². The fraction of sp³-hybridized carbons (Fsp3) is 0.759. The Morgan fingerprint density at radius 2 is 1.54 bits per heavy atom. The second kappa shape index (κ2) is 13.3. The number of carbonyl (C=O) groups excluding carboxylic acids is 1. The molecule has 9 nitrogen and oxygen atoms in total. The lowest BCUT2D eigenvalue weighted by Gasteiger charge is -2.40. The molecular weight excluding hydrogens is 516 g/mol. The van der Waals surface area contributed by atoms with Crippen molar-refractivity contribution in [3.63, 3.8) is 0 Å². The van der Waals surface area contributed by atoms with Crippen molar-refractivity contribution in [2.24, 2.45) is 0 Å². The molecule has 2 atom stereocenters. The summed E-state index contributed by atoms with van der Waals surface area (Å²) in [5, 5.41) is 0. The van der Waals surface area contributed by atoms with Gasteiger partial charge in [-0.1, -0.05) is 12.8 Å². The number of likely N-dealkylation sites (N-methyl/N-ethyl adjacent to an activating group) is 2. The van der Waals surface area contributed by atoms with Crippen molar-refractivity contribution >= 4 is 15.9 Å². The average molecular weight is 565 g/mol. The van der Waals surface area contributed by atoms with Crippen LogP contribution >= 0.6 is 0 Å². The zero-order valence-electron chi connectivity index (χ0n) is 24.5. The van der Waals surface area contributed by atoms with Gasteiger partial charge >= 0.3 is 0 Å². The Morgan fingerprint density at radius 3 is 2.13 bits per heavy atom. The highest BCUT2D eigenvalue weighted by atomic mass is 32.2. The van der Waals surface area contributed by atoms with Crippen LogP contribution in [0.2, 0.25) is 0 Å². The van der Waals surface area contributed by atoms with Crippen molar-refractivity contribution in [2.75, 3.05) is 67.1 Å². The summed E-state index contributed by atoms with van der Waals surface area (Å²) in [5.41, 5.74) is 1.28. The highest BCUT2D eigenvalue weighted by Gasteiger charge is 2.35. The fourth-order valence-corrected chi connectivity index (χ4v) is 8.28. The summed E-state index contributed by atoms with van der Waals surface area (Å²) >= 11 is 0. The number of rotatable bonds is 11. The predicted octanol–water partition coefficient (Wildman–Crippen LogP) is 2.89. The van der Waals surface area contributed by atoms with Crippen LogP contribution in [0.1, 0.15) is 56.1 Å². The maximum absolute atomic E-state index is 13.2. The van der Waals surface area contributed by atoms with Crippen molar-refractivity contribution < 1.29 is 22.7 Å². The minimum absolute atomic E-state index is 0.0355. The Labute approximate surface area is 235 Å². The number of nitrogens with zero attached hydrogens (tertiary/aromatic N) is 4. The maximum Gasteiger partial charge on any atom is 0.248 e. The number of methoxy groups -OCH3 is 1. The van der Waals surface area contributed by atoms with Crippen molar-refractivity contribution in [1.82, 2.24) is 19.0 Å². The molecule has 0 N–H and O–H groups in total. The third-order valence-corrected chi connectivity index (χ3v) is 11.3. The SMILES string of the molecule is COc1cc(C)c(S(=O)(=O)N(C)CCOCC(=O)N(C)[C@H]2CC[C@@H](N3CCN(C4CCCC4)CC3)C2)c(C)c1. The lowest BCUT2D eigenvalue weighted by Crippen LogP contribution is -2.52. The first-order valence-corrected chi connectivity index (χ1v) is 16.0. The number of sulfonamides is 1. The molecule has 0 aromatic heterocycles. The largest absolute Gasteiger partial charge is 0.497 e. The highest BCUT2D eigenvalue weighted by Crippen LogP contribution is 2.30. The van der Waals surface area contributed by atoms with Crippen molar-refractivity contribution in [3.8, 4) is 5.75 Å². The molecule has 1 aromatic carbocycles.